The minimum absolute atomic E-state index is 0.0949. The fraction of sp³-hybridized carbons (Fsp3) is 0.737. The quantitative estimate of drug-likeness (QED) is 0.695. The zero-order valence-electron chi connectivity index (χ0n) is 16.6. The highest BCUT2D eigenvalue weighted by Gasteiger charge is 2.26. The van der Waals surface area contributed by atoms with Gasteiger partial charge in [-0.05, 0) is 33.6 Å². The minimum atomic E-state index is 0.0949. The Morgan fingerprint density at radius 1 is 1.12 bits per heavy atom. The highest BCUT2D eigenvalue weighted by molar-refractivity contribution is 7.13. The zero-order chi connectivity index (χ0) is 19.1. The second-order valence-corrected chi connectivity index (χ2v) is 7.84. The van der Waals surface area contributed by atoms with Crippen LogP contribution in [-0.2, 0) is 11.2 Å². The third kappa shape index (κ3) is 5.27. The molecule has 1 aromatic rings. The molecule has 1 aliphatic rings. The number of piperazine rings is 1. The number of carbonyl (C=O) groups is 2. The van der Waals surface area contributed by atoms with Crippen LogP contribution in [0.25, 0.3) is 0 Å². The summed E-state index contributed by atoms with van der Waals surface area (Å²) in [5.41, 5.74) is 0.852. The summed E-state index contributed by atoms with van der Waals surface area (Å²) in [4.78, 5) is 36.3. The van der Waals surface area contributed by atoms with Crippen LogP contribution >= 0.6 is 11.3 Å². The van der Waals surface area contributed by atoms with E-state index in [4.69, 9.17) is 0 Å². The lowest BCUT2D eigenvalue weighted by Gasteiger charge is -2.35. The van der Waals surface area contributed by atoms with Crippen LogP contribution in [0.4, 0.5) is 0 Å². The lowest BCUT2D eigenvalue weighted by Crippen LogP contribution is -2.51. The number of hydrogen-bond donors (Lipinski definition) is 0. The average molecular weight is 381 g/mol. The summed E-state index contributed by atoms with van der Waals surface area (Å²) in [5.74, 6) is 0.270. The van der Waals surface area contributed by atoms with Crippen LogP contribution in [0.15, 0.2) is 0 Å². The average Bonchev–Trinajstić information content (AvgIpc) is 3.01. The lowest BCUT2D eigenvalue weighted by molar-refractivity contribution is -0.132. The van der Waals surface area contributed by atoms with Gasteiger partial charge in [0, 0.05) is 39.3 Å². The second-order valence-electron chi connectivity index (χ2n) is 6.76. The van der Waals surface area contributed by atoms with Crippen LogP contribution in [0.2, 0.25) is 0 Å². The summed E-state index contributed by atoms with van der Waals surface area (Å²) < 4.78 is 0. The van der Waals surface area contributed by atoms with Gasteiger partial charge in [0.05, 0.1) is 17.2 Å². The number of aromatic nitrogens is 1. The van der Waals surface area contributed by atoms with Crippen LogP contribution in [0, 0.1) is 6.92 Å². The molecule has 0 radical (unpaired) electrons. The molecule has 0 atom stereocenters. The van der Waals surface area contributed by atoms with Gasteiger partial charge in [0.25, 0.3) is 5.91 Å². The number of carbonyl (C=O) groups excluding carboxylic acids is 2. The van der Waals surface area contributed by atoms with Crippen molar-refractivity contribution in [2.45, 2.75) is 47.0 Å². The summed E-state index contributed by atoms with van der Waals surface area (Å²) in [5, 5.41) is 1.07. The van der Waals surface area contributed by atoms with E-state index in [9.17, 15) is 9.59 Å². The first-order valence-electron chi connectivity index (χ1n) is 9.75. The number of hydrogen-bond acceptors (Lipinski definition) is 5. The summed E-state index contributed by atoms with van der Waals surface area (Å²) in [6, 6.07) is 0. The van der Waals surface area contributed by atoms with Crippen molar-refractivity contribution in [1.29, 1.82) is 0 Å². The second kappa shape index (κ2) is 10.0. The number of likely N-dealkylation sites (N-methyl/N-ethyl adjacent to an activating group) is 1. The Bertz CT molecular complexity index is 605. The minimum Gasteiger partial charge on any atom is -0.342 e. The zero-order valence-corrected chi connectivity index (χ0v) is 17.4. The van der Waals surface area contributed by atoms with Crippen LogP contribution < -0.4 is 0 Å². The summed E-state index contributed by atoms with van der Waals surface area (Å²) >= 11 is 1.55. The Hall–Kier alpha value is -1.47. The van der Waals surface area contributed by atoms with Crippen molar-refractivity contribution in [2.75, 3.05) is 45.8 Å². The third-order valence-electron chi connectivity index (χ3n) is 4.91. The summed E-state index contributed by atoms with van der Waals surface area (Å²) in [6.07, 6.45) is 3.20. The van der Waals surface area contributed by atoms with Gasteiger partial charge in [-0.25, -0.2) is 4.98 Å². The molecule has 0 aliphatic carbocycles. The molecule has 6 nitrogen and oxygen atoms in total. The lowest BCUT2D eigenvalue weighted by atomic mass is 10.2. The van der Waals surface area contributed by atoms with Gasteiger partial charge >= 0.3 is 0 Å². The van der Waals surface area contributed by atoms with Gasteiger partial charge in [-0.3, -0.25) is 14.5 Å². The SMILES string of the molecule is CCCCc1nc(C)c(C(=O)N2CCN(CC(=O)N(CC)CC)CC2)s1. The van der Waals surface area contributed by atoms with Gasteiger partial charge in [-0.1, -0.05) is 13.3 Å². The van der Waals surface area contributed by atoms with E-state index in [0.29, 0.717) is 19.6 Å². The van der Waals surface area contributed by atoms with Crippen LogP contribution in [-0.4, -0.2) is 77.3 Å². The molecular formula is C19H32N4O2S. The molecule has 26 heavy (non-hydrogen) atoms. The molecule has 2 rings (SSSR count). The summed E-state index contributed by atoms with van der Waals surface area (Å²) in [7, 11) is 0. The molecule has 2 amide bonds. The first kappa shape index (κ1) is 20.8. The highest BCUT2D eigenvalue weighted by atomic mass is 32.1. The predicted molar refractivity (Wildman–Crippen MR) is 106 cm³/mol. The Balaban J connectivity index is 1.88. The van der Waals surface area contributed by atoms with Gasteiger partial charge in [0.2, 0.25) is 5.91 Å². The summed E-state index contributed by atoms with van der Waals surface area (Å²) in [6.45, 7) is 12.9. The van der Waals surface area contributed by atoms with E-state index in [2.05, 4.69) is 16.8 Å². The molecule has 1 aromatic heterocycles. The van der Waals surface area contributed by atoms with Crippen molar-refractivity contribution in [3.63, 3.8) is 0 Å². The smallest absolute Gasteiger partial charge is 0.265 e. The first-order valence-corrected chi connectivity index (χ1v) is 10.6. The van der Waals surface area contributed by atoms with E-state index in [1.54, 1.807) is 11.3 Å². The fourth-order valence-corrected chi connectivity index (χ4v) is 4.28. The Kier molecular flexibility index (Phi) is 8.03. The van der Waals surface area contributed by atoms with Crippen LogP contribution in [0.3, 0.4) is 0 Å². The maximum Gasteiger partial charge on any atom is 0.265 e. The maximum atomic E-state index is 12.8. The van der Waals surface area contributed by atoms with E-state index >= 15 is 0 Å². The van der Waals surface area contributed by atoms with Crippen molar-refractivity contribution < 1.29 is 9.59 Å². The standard InChI is InChI=1S/C19H32N4O2S/c1-5-8-9-16-20-15(4)18(26-16)19(25)23-12-10-21(11-13-23)14-17(24)22(6-2)7-3/h5-14H2,1-4H3. The number of unbranched alkanes of at least 4 members (excludes halogenated alkanes) is 1. The Morgan fingerprint density at radius 3 is 2.35 bits per heavy atom. The van der Waals surface area contributed by atoms with E-state index in [-0.39, 0.29) is 11.8 Å². The molecule has 1 saturated heterocycles. The monoisotopic (exact) mass is 380 g/mol. The maximum absolute atomic E-state index is 12.8. The number of amides is 2. The number of aryl methyl sites for hydroxylation is 2. The first-order chi connectivity index (χ1) is 12.5. The van der Waals surface area contributed by atoms with E-state index in [1.807, 2.05) is 30.6 Å². The van der Waals surface area contributed by atoms with Crippen molar-refractivity contribution >= 4 is 23.2 Å². The molecule has 0 spiro atoms. The Labute approximate surface area is 161 Å². The van der Waals surface area contributed by atoms with Crippen molar-refractivity contribution in [1.82, 2.24) is 19.7 Å². The van der Waals surface area contributed by atoms with Gasteiger partial charge in [-0.15, -0.1) is 11.3 Å². The van der Waals surface area contributed by atoms with E-state index < -0.39 is 0 Å². The molecular weight excluding hydrogens is 348 g/mol. The van der Waals surface area contributed by atoms with E-state index in [1.165, 1.54) is 0 Å². The number of nitrogens with zero attached hydrogens (tertiary/aromatic N) is 4. The van der Waals surface area contributed by atoms with Crippen molar-refractivity contribution in [2.24, 2.45) is 0 Å². The van der Waals surface area contributed by atoms with E-state index in [0.717, 1.165) is 61.0 Å². The molecule has 1 fully saturated rings. The molecule has 0 unspecified atom stereocenters. The number of thiazole rings is 1. The third-order valence-corrected chi connectivity index (χ3v) is 6.12. The topological polar surface area (TPSA) is 56.8 Å². The Morgan fingerprint density at radius 2 is 1.77 bits per heavy atom. The molecule has 1 aliphatic heterocycles. The van der Waals surface area contributed by atoms with Gasteiger partial charge < -0.3 is 9.80 Å². The fourth-order valence-electron chi connectivity index (χ4n) is 3.21. The molecule has 0 N–H and O–H groups in total. The van der Waals surface area contributed by atoms with Gasteiger partial charge in [0.15, 0.2) is 0 Å². The van der Waals surface area contributed by atoms with Crippen LogP contribution in [0.1, 0.15) is 54.0 Å². The molecule has 2 heterocycles. The molecule has 7 heteroatoms. The van der Waals surface area contributed by atoms with Gasteiger partial charge in [0.1, 0.15) is 4.88 Å². The predicted octanol–water partition coefficient (Wildman–Crippen LogP) is 2.42. The highest BCUT2D eigenvalue weighted by Crippen LogP contribution is 2.22. The largest absolute Gasteiger partial charge is 0.342 e. The van der Waals surface area contributed by atoms with Crippen LogP contribution in [0.5, 0.6) is 0 Å². The number of rotatable bonds is 8. The molecule has 0 saturated carbocycles. The van der Waals surface area contributed by atoms with Gasteiger partial charge in [-0.2, -0.15) is 0 Å². The molecule has 0 aromatic carbocycles. The van der Waals surface area contributed by atoms with Crippen molar-refractivity contribution in [3.05, 3.63) is 15.6 Å². The molecule has 0 bridgehead atoms. The molecule has 146 valence electrons. The normalized spacial score (nSPS) is 15.3. The van der Waals surface area contributed by atoms with Crippen molar-refractivity contribution in [3.8, 4) is 0 Å².